The Labute approximate surface area is 241 Å². The van der Waals surface area contributed by atoms with Crippen molar-refractivity contribution in [1.29, 1.82) is 0 Å². The molecule has 1 aliphatic carbocycles. The lowest BCUT2D eigenvalue weighted by Gasteiger charge is -2.36. The molecule has 0 N–H and O–H groups in total. The van der Waals surface area contributed by atoms with Gasteiger partial charge >= 0.3 is 0 Å². The predicted octanol–water partition coefficient (Wildman–Crippen LogP) is 10.1. The lowest BCUT2D eigenvalue weighted by Crippen LogP contribution is -2.28. The van der Waals surface area contributed by atoms with Crippen molar-refractivity contribution in [3.63, 3.8) is 0 Å². The number of benzene rings is 6. The molecular formula is C40H30O. The summed E-state index contributed by atoms with van der Waals surface area (Å²) < 4.78 is 6.77. The van der Waals surface area contributed by atoms with Crippen LogP contribution in [0.4, 0.5) is 0 Å². The minimum Gasteiger partial charge on any atom is -0.456 e. The van der Waals surface area contributed by atoms with E-state index in [9.17, 15) is 0 Å². The van der Waals surface area contributed by atoms with Crippen molar-refractivity contribution >= 4 is 0 Å². The maximum Gasteiger partial charge on any atom is 0.139 e. The molecule has 0 spiro atoms. The largest absolute Gasteiger partial charge is 0.456 e. The van der Waals surface area contributed by atoms with Gasteiger partial charge in [0.05, 0.1) is 5.41 Å². The van der Waals surface area contributed by atoms with Gasteiger partial charge < -0.3 is 4.74 Å². The van der Waals surface area contributed by atoms with E-state index in [2.05, 4.69) is 159 Å². The van der Waals surface area contributed by atoms with Gasteiger partial charge in [0, 0.05) is 22.1 Å². The molecule has 0 fully saturated rings. The van der Waals surface area contributed by atoms with Crippen molar-refractivity contribution < 1.29 is 4.74 Å². The van der Waals surface area contributed by atoms with E-state index in [0.717, 1.165) is 17.1 Å². The first kappa shape index (κ1) is 24.0. The van der Waals surface area contributed by atoms with Gasteiger partial charge in [0.2, 0.25) is 0 Å². The van der Waals surface area contributed by atoms with Gasteiger partial charge in [-0.25, -0.2) is 0 Å². The average Bonchev–Trinajstić information content (AvgIpc) is 3.33. The quantitative estimate of drug-likeness (QED) is 0.223. The van der Waals surface area contributed by atoms with Crippen LogP contribution in [0.25, 0.3) is 22.3 Å². The fourth-order valence-corrected chi connectivity index (χ4v) is 7.40. The summed E-state index contributed by atoms with van der Waals surface area (Å²) in [7, 11) is 0. The number of para-hydroxylation sites is 2. The molecule has 1 nitrogen and oxygen atoms in total. The molecule has 2 aliphatic rings. The molecule has 0 saturated carbocycles. The van der Waals surface area contributed by atoms with Gasteiger partial charge in [-0.1, -0.05) is 153 Å². The standard InChI is InChI=1S/C40H30O/c1-39(2)33-23-11-12-26-36(33)41-38-30(21-14-25-35(38)39)29-20-13-24-34-37(29)31-19-9-10-22-32(31)40(34,27-15-5-3-6-16-27)28-17-7-4-8-18-28/h3-26H,1-2H3. The van der Waals surface area contributed by atoms with Gasteiger partial charge in [-0.3, -0.25) is 0 Å². The zero-order chi connectivity index (χ0) is 27.6. The average molecular weight is 527 g/mol. The first-order valence-corrected chi connectivity index (χ1v) is 14.4. The Morgan fingerprint density at radius 2 is 0.927 bits per heavy atom. The molecule has 1 heteroatoms. The van der Waals surface area contributed by atoms with Crippen molar-refractivity contribution in [2.24, 2.45) is 0 Å². The SMILES string of the molecule is CC1(C)c2ccccc2Oc2c(-c3cccc4c3-c3ccccc3C4(c3ccccc3)c3ccccc3)cccc21. The van der Waals surface area contributed by atoms with Crippen molar-refractivity contribution in [2.45, 2.75) is 24.7 Å². The maximum atomic E-state index is 6.77. The summed E-state index contributed by atoms with van der Waals surface area (Å²) >= 11 is 0. The molecule has 0 saturated heterocycles. The molecule has 6 aromatic carbocycles. The fourth-order valence-electron chi connectivity index (χ4n) is 7.40. The Hall–Kier alpha value is -4.88. The number of hydrogen-bond acceptors (Lipinski definition) is 1. The Kier molecular flexibility index (Phi) is 5.15. The number of rotatable bonds is 3. The van der Waals surface area contributed by atoms with Gasteiger partial charge in [0.15, 0.2) is 0 Å². The van der Waals surface area contributed by atoms with Crippen LogP contribution in [0, 0.1) is 0 Å². The van der Waals surface area contributed by atoms with E-state index in [1.165, 1.54) is 50.1 Å². The molecule has 196 valence electrons. The van der Waals surface area contributed by atoms with Gasteiger partial charge in [-0.2, -0.15) is 0 Å². The molecule has 0 amide bonds. The first-order chi connectivity index (χ1) is 20.1. The summed E-state index contributed by atoms with van der Waals surface area (Å²) in [6.07, 6.45) is 0. The molecule has 0 bridgehead atoms. The minimum atomic E-state index is -0.425. The van der Waals surface area contributed by atoms with Crippen LogP contribution in [0.3, 0.4) is 0 Å². The Morgan fingerprint density at radius 1 is 0.415 bits per heavy atom. The van der Waals surface area contributed by atoms with Gasteiger partial charge in [0.25, 0.3) is 0 Å². The summed E-state index contributed by atoms with van der Waals surface area (Å²) in [6, 6.07) is 52.8. The third kappa shape index (κ3) is 3.24. The Morgan fingerprint density at radius 3 is 1.63 bits per heavy atom. The fraction of sp³-hybridized carbons (Fsp3) is 0.100. The smallest absolute Gasteiger partial charge is 0.139 e. The zero-order valence-electron chi connectivity index (χ0n) is 23.3. The van der Waals surface area contributed by atoms with E-state index in [4.69, 9.17) is 4.74 Å². The van der Waals surface area contributed by atoms with Crippen LogP contribution in [-0.2, 0) is 10.8 Å². The minimum absolute atomic E-state index is 0.173. The summed E-state index contributed by atoms with van der Waals surface area (Å²) in [5, 5.41) is 0. The lowest BCUT2D eigenvalue weighted by atomic mass is 9.67. The molecule has 41 heavy (non-hydrogen) atoms. The van der Waals surface area contributed by atoms with Gasteiger partial charge in [-0.05, 0) is 45.0 Å². The second kappa shape index (κ2) is 8.81. The van der Waals surface area contributed by atoms with E-state index in [1.54, 1.807) is 0 Å². The van der Waals surface area contributed by atoms with Crippen molar-refractivity contribution in [1.82, 2.24) is 0 Å². The molecule has 0 atom stereocenters. The number of fused-ring (bicyclic) bond motifs is 5. The van der Waals surface area contributed by atoms with Crippen LogP contribution in [0.5, 0.6) is 11.5 Å². The highest BCUT2D eigenvalue weighted by atomic mass is 16.5. The highest BCUT2D eigenvalue weighted by Gasteiger charge is 2.47. The molecule has 8 rings (SSSR count). The highest BCUT2D eigenvalue weighted by Crippen LogP contribution is 2.60. The molecule has 1 heterocycles. The third-order valence-corrected chi connectivity index (χ3v) is 9.23. The van der Waals surface area contributed by atoms with Crippen molar-refractivity contribution in [3.05, 3.63) is 179 Å². The summed E-state index contributed by atoms with van der Waals surface area (Å²) in [5.41, 5.74) is 11.9. The normalized spacial score (nSPS) is 15.2. The first-order valence-electron chi connectivity index (χ1n) is 14.4. The highest BCUT2D eigenvalue weighted by molar-refractivity contribution is 5.97. The Balaban J connectivity index is 1.46. The van der Waals surface area contributed by atoms with Crippen LogP contribution in [-0.4, -0.2) is 0 Å². The second-order valence-corrected chi connectivity index (χ2v) is 11.7. The predicted molar refractivity (Wildman–Crippen MR) is 168 cm³/mol. The van der Waals surface area contributed by atoms with Crippen LogP contribution < -0.4 is 4.74 Å². The third-order valence-electron chi connectivity index (χ3n) is 9.23. The van der Waals surface area contributed by atoms with Gasteiger partial charge in [-0.15, -0.1) is 0 Å². The molecular weight excluding hydrogens is 496 g/mol. The monoisotopic (exact) mass is 526 g/mol. The topological polar surface area (TPSA) is 9.23 Å². The van der Waals surface area contributed by atoms with E-state index in [-0.39, 0.29) is 5.41 Å². The molecule has 0 unspecified atom stereocenters. The summed E-state index contributed by atoms with van der Waals surface area (Å²) in [5.74, 6) is 1.90. The molecule has 1 aliphatic heterocycles. The molecule has 6 aromatic rings. The van der Waals surface area contributed by atoms with E-state index in [1.807, 2.05) is 0 Å². The zero-order valence-corrected chi connectivity index (χ0v) is 23.3. The molecule has 0 aromatic heterocycles. The van der Waals surface area contributed by atoms with E-state index in [0.29, 0.717) is 0 Å². The van der Waals surface area contributed by atoms with Crippen LogP contribution in [0.15, 0.2) is 146 Å². The van der Waals surface area contributed by atoms with E-state index < -0.39 is 5.41 Å². The van der Waals surface area contributed by atoms with Crippen molar-refractivity contribution in [2.75, 3.05) is 0 Å². The van der Waals surface area contributed by atoms with E-state index >= 15 is 0 Å². The number of hydrogen-bond donors (Lipinski definition) is 0. The van der Waals surface area contributed by atoms with Crippen LogP contribution in [0.1, 0.15) is 47.2 Å². The van der Waals surface area contributed by atoms with Crippen LogP contribution >= 0.6 is 0 Å². The molecule has 0 radical (unpaired) electrons. The summed E-state index contributed by atoms with van der Waals surface area (Å²) in [4.78, 5) is 0. The maximum absolute atomic E-state index is 6.77. The van der Waals surface area contributed by atoms with Gasteiger partial charge in [0.1, 0.15) is 11.5 Å². The van der Waals surface area contributed by atoms with Crippen LogP contribution in [0.2, 0.25) is 0 Å². The lowest BCUT2D eigenvalue weighted by molar-refractivity contribution is 0.419. The number of ether oxygens (including phenoxy) is 1. The van der Waals surface area contributed by atoms with Crippen molar-refractivity contribution in [3.8, 4) is 33.8 Å². The Bertz CT molecular complexity index is 1890. The summed E-state index contributed by atoms with van der Waals surface area (Å²) in [6.45, 7) is 4.61. The second-order valence-electron chi connectivity index (χ2n) is 11.7.